The Morgan fingerprint density at radius 1 is 1.21 bits per heavy atom. The number of amides is 3. The number of nitrogens with one attached hydrogen (secondary N) is 2. The number of carbonyl (C=O) groups is 2. The summed E-state index contributed by atoms with van der Waals surface area (Å²) < 4.78 is 15.6. The predicted octanol–water partition coefficient (Wildman–Crippen LogP) is 3.51. The van der Waals surface area contributed by atoms with E-state index >= 15 is 0 Å². The zero-order chi connectivity index (χ0) is 21.1. The molecule has 1 aromatic heterocycles. The Morgan fingerprint density at radius 3 is 2.62 bits per heavy atom. The lowest BCUT2D eigenvalue weighted by Gasteiger charge is -2.18. The summed E-state index contributed by atoms with van der Waals surface area (Å²) in [5.74, 6) is -0.00716. The molecule has 152 valence electrons. The molecular formula is C21H24FN5O2. The van der Waals surface area contributed by atoms with E-state index < -0.39 is 11.8 Å². The largest absolute Gasteiger partial charge is 0.350 e. The Bertz CT molecular complexity index is 1060. The normalized spacial score (nSPS) is 11.0. The molecule has 0 saturated heterocycles. The Kier molecular flexibility index (Phi) is 5.81. The van der Waals surface area contributed by atoms with Crippen molar-refractivity contribution in [3.05, 3.63) is 59.7 Å². The first-order chi connectivity index (χ1) is 13.8. The van der Waals surface area contributed by atoms with Crippen LogP contribution in [0.15, 0.2) is 42.5 Å². The Labute approximate surface area is 168 Å². The van der Waals surface area contributed by atoms with Gasteiger partial charge in [0.15, 0.2) is 0 Å². The van der Waals surface area contributed by atoms with E-state index in [-0.39, 0.29) is 24.2 Å². The molecule has 0 aliphatic heterocycles. The van der Waals surface area contributed by atoms with Crippen molar-refractivity contribution in [1.29, 1.82) is 0 Å². The van der Waals surface area contributed by atoms with Gasteiger partial charge in [-0.25, -0.2) is 14.2 Å². The summed E-state index contributed by atoms with van der Waals surface area (Å²) in [6.07, 6.45) is 0. The molecular weight excluding hydrogens is 373 g/mol. The molecule has 0 bridgehead atoms. The standard InChI is InChI=1S/C21H24FN5O2/c1-13(2)23-20(28)14-9-10-18-17(11-14)24-19(27(18)4)12-26(3)21(29)25-16-8-6-5-7-15(16)22/h5-11,13H,12H2,1-4H3,(H,23,28)(H,25,29). The number of benzene rings is 2. The molecule has 0 spiro atoms. The lowest BCUT2D eigenvalue weighted by Crippen LogP contribution is -2.32. The molecule has 0 fully saturated rings. The molecule has 0 radical (unpaired) electrons. The number of aromatic nitrogens is 2. The average molecular weight is 397 g/mol. The second-order valence-corrected chi connectivity index (χ2v) is 7.18. The topological polar surface area (TPSA) is 79.3 Å². The molecule has 0 unspecified atom stereocenters. The van der Waals surface area contributed by atoms with Gasteiger partial charge in [0, 0.05) is 25.7 Å². The first-order valence-electron chi connectivity index (χ1n) is 9.29. The predicted molar refractivity (Wildman–Crippen MR) is 110 cm³/mol. The fourth-order valence-corrected chi connectivity index (χ4v) is 2.94. The number of carbonyl (C=O) groups excluding carboxylic acids is 2. The lowest BCUT2D eigenvalue weighted by molar-refractivity contribution is 0.0943. The molecule has 2 aromatic carbocycles. The van der Waals surface area contributed by atoms with Crippen LogP contribution in [0.1, 0.15) is 30.0 Å². The summed E-state index contributed by atoms with van der Waals surface area (Å²) in [7, 11) is 3.46. The van der Waals surface area contributed by atoms with Crippen molar-refractivity contribution in [3.63, 3.8) is 0 Å². The minimum absolute atomic E-state index is 0.0408. The lowest BCUT2D eigenvalue weighted by atomic mass is 10.2. The molecule has 0 atom stereocenters. The van der Waals surface area contributed by atoms with Crippen LogP contribution in [-0.4, -0.2) is 39.5 Å². The Morgan fingerprint density at radius 2 is 1.93 bits per heavy atom. The van der Waals surface area contributed by atoms with Gasteiger partial charge in [0.2, 0.25) is 0 Å². The monoisotopic (exact) mass is 397 g/mol. The van der Waals surface area contributed by atoms with Gasteiger partial charge in [-0.2, -0.15) is 0 Å². The maximum absolute atomic E-state index is 13.7. The van der Waals surface area contributed by atoms with Crippen molar-refractivity contribution < 1.29 is 14.0 Å². The van der Waals surface area contributed by atoms with E-state index in [0.29, 0.717) is 16.9 Å². The van der Waals surface area contributed by atoms with Crippen molar-refractivity contribution in [1.82, 2.24) is 19.8 Å². The van der Waals surface area contributed by atoms with Crippen molar-refractivity contribution in [2.45, 2.75) is 26.4 Å². The highest BCUT2D eigenvalue weighted by atomic mass is 19.1. The number of nitrogens with zero attached hydrogens (tertiary/aromatic N) is 3. The summed E-state index contributed by atoms with van der Waals surface area (Å²) in [6.45, 7) is 4.02. The van der Waals surface area contributed by atoms with E-state index in [1.165, 1.54) is 17.0 Å². The van der Waals surface area contributed by atoms with Crippen LogP contribution in [0, 0.1) is 5.82 Å². The Hall–Kier alpha value is -3.42. The quantitative estimate of drug-likeness (QED) is 0.691. The van der Waals surface area contributed by atoms with Gasteiger partial charge in [0.05, 0.1) is 23.3 Å². The van der Waals surface area contributed by atoms with E-state index in [2.05, 4.69) is 15.6 Å². The number of para-hydroxylation sites is 1. The highest BCUT2D eigenvalue weighted by Crippen LogP contribution is 2.19. The van der Waals surface area contributed by atoms with Gasteiger partial charge >= 0.3 is 6.03 Å². The van der Waals surface area contributed by atoms with Gasteiger partial charge in [-0.15, -0.1) is 0 Å². The van der Waals surface area contributed by atoms with Crippen LogP contribution in [0.25, 0.3) is 11.0 Å². The maximum atomic E-state index is 13.7. The number of rotatable bonds is 5. The summed E-state index contributed by atoms with van der Waals surface area (Å²) in [4.78, 5) is 30.6. The highest BCUT2D eigenvalue weighted by Gasteiger charge is 2.16. The molecule has 8 heteroatoms. The molecule has 1 heterocycles. The molecule has 0 aliphatic rings. The third-order valence-electron chi connectivity index (χ3n) is 4.50. The summed E-state index contributed by atoms with van der Waals surface area (Å²) in [6, 6.07) is 10.9. The number of aryl methyl sites for hydroxylation is 1. The summed E-state index contributed by atoms with van der Waals surface area (Å²) in [5, 5.41) is 5.40. The van der Waals surface area contributed by atoms with E-state index in [1.807, 2.05) is 31.5 Å². The minimum Gasteiger partial charge on any atom is -0.350 e. The van der Waals surface area contributed by atoms with Crippen molar-refractivity contribution in [3.8, 4) is 0 Å². The number of hydrogen-bond donors (Lipinski definition) is 2. The van der Waals surface area contributed by atoms with Crippen molar-refractivity contribution in [2.24, 2.45) is 7.05 Å². The van der Waals surface area contributed by atoms with E-state index in [4.69, 9.17) is 0 Å². The SMILES string of the molecule is CC(C)NC(=O)c1ccc2c(c1)nc(CN(C)C(=O)Nc1ccccc1F)n2C. The van der Waals surface area contributed by atoms with Gasteiger partial charge < -0.3 is 20.1 Å². The molecule has 0 aliphatic carbocycles. The number of urea groups is 1. The van der Waals surface area contributed by atoms with E-state index in [9.17, 15) is 14.0 Å². The molecule has 3 aromatic rings. The second-order valence-electron chi connectivity index (χ2n) is 7.18. The summed E-state index contributed by atoms with van der Waals surface area (Å²) in [5.41, 5.74) is 2.17. The van der Waals surface area contributed by atoms with Gasteiger partial charge in [0.25, 0.3) is 5.91 Å². The third-order valence-corrected chi connectivity index (χ3v) is 4.50. The van der Waals surface area contributed by atoms with Crippen LogP contribution in [-0.2, 0) is 13.6 Å². The number of fused-ring (bicyclic) bond motifs is 1. The number of imidazole rings is 1. The highest BCUT2D eigenvalue weighted by molar-refractivity contribution is 5.97. The molecule has 0 saturated carbocycles. The number of halogens is 1. The smallest absolute Gasteiger partial charge is 0.322 e. The van der Waals surface area contributed by atoms with Gasteiger partial charge in [0.1, 0.15) is 11.6 Å². The first-order valence-corrected chi connectivity index (χ1v) is 9.29. The third kappa shape index (κ3) is 4.53. The van der Waals surface area contributed by atoms with Crippen LogP contribution in [0.2, 0.25) is 0 Å². The maximum Gasteiger partial charge on any atom is 0.322 e. The van der Waals surface area contributed by atoms with Crippen LogP contribution < -0.4 is 10.6 Å². The molecule has 7 nitrogen and oxygen atoms in total. The van der Waals surface area contributed by atoms with Gasteiger partial charge in [-0.3, -0.25) is 4.79 Å². The number of anilines is 1. The van der Waals surface area contributed by atoms with Crippen LogP contribution in [0.4, 0.5) is 14.9 Å². The minimum atomic E-state index is -0.496. The molecule has 3 rings (SSSR count). The van der Waals surface area contributed by atoms with Crippen LogP contribution >= 0.6 is 0 Å². The first kappa shape index (κ1) is 20.3. The average Bonchev–Trinajstić information content (AvgIpc) is 2.98. The zero-order valence-corrected chi connectivity index (χ0v) is 16.9. The fourth-order valence-electron chi connectivity index (χ4n) is 2.94. The zero-order valence-electron chi connectivity index (χ0n) is 16.9. The van der Waals surface area contributed by atoms with Gasteiger partial charge in [-0.05, 0) is 44.2 Å². The number of hydrogen-bond acceptors (Lipinski definition) is 3. The Balaban J connectivity index is 1.77. The van der Waals surface area contributed by atoms with Crippen molar-refractivity contribution in [2.75, 3.05) is 12.4 Å². The van der Waals surface area contributed by atoms with Crippen LogP contribution in [0.3, 0.4) is 0 Å². The van der Waals surface area contributed by atoms with Gasteiger partial charge in [-0.1, -0.05) is 12.1 Å². The van der Waals surface area contributed by atoms with E-state index in [1.54, 1.807) is 31.3 Å². The van der Waals surface area contributed by atoms with Crippen LogP contribution in [0.5, 0.6) is 0 Å². The molecule has 29 heavy (non-hydrogen) atoms. The fraction of sp³-hybridized carbons (Fsp3) is 0.286. The molecule has 2 N–H and O–H groups in total. The van der Waals surface area contributed by atoms with Crippen molar-refractivity contribution >= 4 is 28.7 Å². The van der Waals surface area contributed by atoms with E-state index in [0.717, 1.165) is 5.52 Å². The molecule has 3 amide bonds. The second kappa shape index (κ2) is 8.30. The summed E-state index contributed by atoms with van der Waals surface area (Å²) >= 11 is 0.